The van der Waals surface area contributed by atoms with E-state index in [0.717, 1.165) is 10.5 Å². The van der Waals surface area contributed by atoms with Gasteiger partial charge in [-0.25, -0.2) is 14.5 Å². The van der Waals surface area contributed by atoms with Crippen LogP contribution in [0, 0.1) is 5.92 Å². The summed E-state index contributed by atoms with van der Waals surface area (Å²) in [5, 5.41) is 6.57. The van der Waals surface area contributed by atoms with Crippen molar-refractivity contribution < 1.29 is 23.9 Å². The largest absolute Gasteiger partial charge is 0.491 e. The van der Waals surface area contributed by atoms with E-state index in [-0.39, 0.29) is 19.2 Å². The van der Waals surface area contributed by atoms with Crippen LogP contribution >= 0.6 is 11.6 Å². The van der Waals surface area contributed by atoms with E-state index < -0.39 is 30.2 Å². The van der Waals surface area contributed by atoms with Crippen molar-refractivity contribution in [2.24, 2.45) is 5.92 Å². The van der Waals surface area contributed by atoms with Crippen molar-refractivity contribution in [3.63, 3.8) is 0 Å². The highest BCUT2D eigenvalue weighted by Gasteiger charge is 2.39. The number of ether oxygens (including phenoxy) is 2. The highest BCUT2D eigenvalue weighted by molar-refractivity contribution is 6.30. The number of hydrogen-bond acceptors (Lipinski definition) is 6. The number of imide groups is 1. The summed E-state index contributed by atoms with van der Waals surface area (Å²) in [7, 11) is 1.27. The van der Waals surface area contributed by atoms with E-state index in [4.69, 9.17) is 21.1 Å². The number of halogens is 1. The maximum absolute atomic E-state index is 13.4. The number of amides is 4. The zero-order valence-corrected chi connectivity index (χ0v) is 20.3. The molecule has 9 nitrogen and oxygen atoms in total. The van der Waals surface area contributed by atoms with Gasteiger partial charge in [-0.3, -0.25) is 15.0 Å². The van der Waals surface area contributed by atoms with Crippen molar-refractivity contribution >= 4 is 35.3 Å². The molecule has 10 heteroatoms. The summed E-state index contributed by atoms with van der Waals surface area (Å²) >= 11 is 5.99. The van der Waals surface area contributed by atoms with Crippen molar-refractivity contribution in [3.05, 3.63) is 59.1 Å². The van der Waals surface area contributed by atoms with Gasteiger partial charge < -0.3 is 14.8 Å². The van der Waals surface area contributed by atoms with Crippen LogP contribution in [0.3, 0.4) is 0 Å². The summed E-state index contributed by atoms with van der Waals surface area (Å²) in [6.07, 6.45) is -0.778. The number of carbonyl (C=O) groups is 3. The molecule has 0 saturated carbocycles. The van der Waals surface area contributed by atoms with E-state index in [1.807, 2.05) is 38.1 Å². The van der Waals surface area contributed by atoms with Crippen LogP contribution in [0.4, 0.5) is 15.3 Å². The Balaban J connectivity index is 1.83. The fourth-order valence-electron chi connectivity index (χ4n) is 3.45. The van der Waals surface area contributed by atoms with E-state index in [9.17, 15) is 14.4 Å². The highest BCUT2D eigenvalue weighted by Crippen LogP contribution is 2.22. The Labute approximate surface area is 203 Å². The van der Waals surface area contributed by atoms with Gasteiger partial charge in [0, 0.05) is 17.3 Å². The molecule has 34 heavy (non-hydrogen) atoms. The van der Waals surface area contributed by atoms with E-state index in [0.29, 0.717) is 16.5 Å². The third-order valence-corrected chi connectivity index (χ3v) is 5.40. The predicted octanol–water partition coefficient (Wildman–Crippen LogP) is 4.28. The zero-order chi connectivity index (χ0) is 24.8. The number of rotatable bonds is 9. The standard InChI is InChI=1S/C24H29ClN4O5/c1-15(2)34-20-11-9-19(10-12-20)26-22-27-23(31)29(13-16(3)21(30)33-4)24(32)28(22)14-17-5-7-18(25)8-6-17/h5-12,15-16,22,26H,13-14H2,1-4H3,(H,27,31)/t16-,22?/m0/s1. The lowest BCUT2D eigenvalue weighted by Crippen LogP contribution is -2.67. The Bertz CT molecular complexity index is 1010. The average molecular weight is 489 g/mol. The van der Waals surface area contributed by atoms with E-state index >= 15 is 0 Å². The van der Waals surface area contributed by atoms with Crippen LogP contribution < -0.4 is 15.4 Å². The van der Waals surface area contributed by atoms with Gasteiger partial charge in [-0.2, -0.15) is 0 Å². The lowest BCUT2D eigenvalue weighted by molar-refractivity contribution is -0.145. The van der Waals surface area contributed by atoms with Gasteiger partial charge in [0.05, 0.1) is 25.7 Å². The Morgan fingerprint density at radius 2 is 1.74 bits per heavy atom. The van der Waals surface area contributed by atoms with Crippen molar-refractivity contribution in [1.29, 1.82) is 0 Å². The van der Waals surface area contributed by atoms with Crippen LogP contribution in [-0.2, 0) is 16.1 Å². The Hall–Kier alpha value is -3.46. The molecule has 0 radical (unpaired) electrons. The van der Waals surface area contributed by atoms with Crippen LogP contribution in [0.2, 0.25) is 5.02 Å². The van der Waals surface area contributed by atoms with Crippen LogP contribution in [-0.4, -0.2) is 53.9 Å². The molecular formula is C24H29ClN4O5. The molecular weight excluding hydrogens is 460 g/mol. The zero-order valence-electron chi connectivity index (χ0n) is 19.6. The van der Waals surface area contributed by atoms with Gasteiger partial charge in [0.1, 0.15) is 5.75 Å². The van der Waals surface area contributed by atoms with Crippen LogP contribution in [0.25, 0.3) is 0 Å². The molecule has 4 amide bonds. The number of urea groups is 2. The normalized spacial score (nSPS) is 16.8. The molecule has 0 spiro atoms. The first kappa shape index (κ1) is 25.2. The molecule has 0 aliphatic carbocycles. The fraction of sp³-hybridized carbons (Fsp3) is 0.375. The third kappa shape index (κ3) is 6.32. The third-order valence-electron chi connectivity index (χ3n) is 5.15. The minimum Gasteiger partial charge on any atom is -0.491 e. The number of benzene rings is 2. The van der Waals surface area contributed by atoms with Crippen molar-refractivity contribution in [3.8, 4) is 5.75 Å². The Kier molecular flexibility index (Phi) is 8.22. The van der Waals surface area contributed by atoms with Crippen molar-refractivity contribution in [2.45, 2.75) is 39.7 Å². The van der Waals surface area contributed by atoms with Gasteiger partial charge in [0.2, 0.25) is 0 Å². The van der Waals surface area contributed by atoms with Gasteiger partial charge in [-0.15, -0.1) is 0 Å². The molecule has 1 saturated heterocycles. The molecule has 0 bridgehead atoms. The lowest BCUT2D eigenvalue weighted by Gasteiger charge is -2.41. The van der Waals surface area contributed by atoms with E-state index in [2.05, 4.69) is 10.6 Å². The molecule has 0 aromatic heterocycles. The monoisotopic (exact) mass is 488 g/mol. The molecule has 2 atom stereocenters. The highest BCUT2D eigenvalue weighted by atomic mass is 35.5. The van der Waals surface area contributed by atoms with Crippen molar-refractivity contribution in [1.82, 2.24) is 15.1 Å². The Morgan fingerprint density at radius 3 is 2.32 bits per heavy atom. The van der Waals surface area contributed by atoms with E-state index in [1.165, 1.54) is 12.0 Å². The van der Waals surface area contributed by atoms with Crippen LogP contribution in [0.5, 0.6) is 5.75 Å². The summed E-state index contributed by atoms with van der Waals surface area (Å²) in [5.74, 6) is -0.464. The predicted molar refractivity (Wildman–Crippen MR) is 128 cm³/mol. The molecule has 2 N–H and O–H groups in total. The number of nitrogens with zero attached hydrogens (tertiary/aromatic N) is 2. The second-order valence-electron chi connectivity index (χ2n) is 8.26. The maximum atomic E-state index is 13.4. The first-order valence-electron chi connectivity index (χ1n) is 10.9. The molecule has 1 heterocycles. The quantitative estimate of drug-likeness (QED) is 0.511. The number of nitrogens with one attached hydrogen (secondary N) is 2. The first-order valence-corrected chi connectivity index (χ1v) is 11.3. The van der Waals surface area contributed by atoms with Crippen molar-refractivity contribution in [2.75, 3.05) is 19.0 Å². The Morgan fingerprint density at radius 1 is 1.09 bits per heavy atom. The maximum Gasteiger partial charge on any atom is 0.331 e. The molecule has 1 aliphatic heterocycles. The summed E-state index contributed by atoms with van der Waals surface area (Å²) in [6.45, 7) is 5.57. The van der Waals surface area contributed by atoms with Gasteiger partial charge in [-0.05, 0) is 55.8 Å². The summed E-state index contributed by atoms with van der Waals surface area (Å²) in [6, 6.07) is 13.2. The number of hydrogen-bond donors (Lipinski definition) is 2. The molecule has 1 aliphatic rings. The summed E-state index contributed by atoms with van der Waals surface area (Å²) in [5.41, 5.74) is 1.51. The molecule has 1 unspecified atom stereocenters. The molecule has 2 aromatic rings. The summed E-state index contributed by atoms with van der Waals surface area (Å²) < 4.78 is 10.4. The second-order valence-corrected chi connectivity index (χ2v) is 8.70. The number of anilines is 1. The minimum absolute atomic E-state index is 0.0438. The average Bonchev–Trinajstić information content (AvgIpc) is 2.80. The molecule has 3 rings (SSSR count). The van der Waals surface area contributed by atoms with Gasteiger partial charge in [0.25, 0.3) is 0 Å². The molecule has 2 aromatic carbocycles. The van der Waals surface area contributed by atoms with Crippen LogP contribution in [0.15, 0.2) is 48.5 Å². The SMILES string of the molecule is COC(=O)[C@@H](C)CN1C(=O)NC(Nc2ccc(OC(C)C)cc2)N(Cc2ccc(Cl)cc2)C1=O. The lowest BCUT2D eigenvalue weighted by atomic mass is 10.1. The summed E-state index contributed by atoms with van der Waals surface area (Å²) in [4.78, 5) is 40.5. The van der Waals surface area contributed by atoms with Crippen LogP contribution in [0.1, 0.15) is 26.3 Å². The van der Waals surface area contributed by atoms with Gasteiger partial charge >= 0.3 is 18.0 Å². The number of esters is 1. The minimum atomic E-state index is -0.822. The molecule has 1 fully saturated rings. The van der Waals surface area contributed by atoms with E-state index in [1.54, 1.807) is 31.2 Å². The number of carbonyl (C=O) groups excluding carboxylic acids is 3. The molecule has 182 valence electrons. The smallest absolute Gasteiger partial charge is 0.331 e. The fourth-order valence-corrected chi connectivity index (χ4v) is 3.58. The second kappa shape index (κ2) is 11.1. The number of methoxy groups -OCH3 is 1. The topological polar surface area (TPSA) is 100 Å². The first-order chi connectivity index (χ1) is 16.2. The van der Waals surface area contributed by atoms with Gasteiger partial charge in [-0.1, -0.05) is 30.7 Å². The van der Waals surface area contributed by atoms with Gasteiger partial charge in [0.15, 0.2) is 6.29 Å².